The molecular formula is C15H12N2O2S2. The Hall–Kier alpha value is -2.05. The molecule has 4 nitrogen and oxygen atoms in total. The molecule has 0 bridgehead atoms. The van der Waals surface area contributed by atoms with Crippen LogP contribution >= 0.6 is 22.7 Å². The first-order valence-corrected chi connectivity index (χ1v) is 8.02. The van der Waals surface area contributed by atoms with Gasteiger partial charge in [-0.15, -0.1) is 22.7 Å². The minimum atomic E-state index is -0.916. The summed E-state index contributed by atoms with van der Waals surface area (Å²) in [5, 5.41) is 12.8. The molecule has 0 aliphatic heterocycles. The number of carboxylic acids is 1. The van der Waals surface area contributed by atoms with E-state index < -0.39 is 5.97 Å². The fraction of sp³-hybridized carbons (Fsp3) is 0.133. The Morgan fingerprint density at radius 2 is 1.95 bits per heavy atom. The summed E-state index contributed by atoms with van der Waals surface area (Å²) < 4.78 is 0. The van der Waals surface area contributed by atoms with Crippen LogP contribution in [0.1, 0.15) is 25.4 Å². The van der Waals surface area contributed by atoms with Crippen LogP contribution in [0.2, 0.25) is 0 Å². The molecule has 0 spiro atoms. The number of carboxylic acid groups (broad SMARTS) is 1. The lowest BCUT2D eigenvalue weighted by Gasteiger charge is -1.94. The van der Waals surface area contributed by atoms with E-state index >= 15 is 0 Å². The predicted molar refractivity (Wildman–Crippen MR) is 84.2 cm³/mol. The molecule has 3 aromatic rings. The summed E-state index contributed by atoms with van der Waals surface area (Å²) in [5.41, 5.74) is 2.60. The Morgan fingerprint density at radius 1 is 1.19 bits per heavy atom. The average molecular weight is 316 g/mol. The third-order valence-electron chi connectivity index (χ3n) is 2.96. The van der Waals surface area contributed by atoms with Crippen LogP contribution in [-0.4, -0.2) is 21.0 Å². The van der Waals surface area contributed by atoms with Crippen LogP contribution in [0.25, 0.3) is 11.3 Å². The highest BCUT2D eigenvalue weighted by molar-refractivity contribution is 7.14. The number of benzene rings is 1. The zero-order chi connectivity index (χ0) is 14.8. The smallest absolute Gasteiger partial charge is 0.347 e. The number of thiazole rings is 2. The van der Waals surface area contributed by atoms with E-state index in [-0.39, 0.29) is 0 Å². The van der Waals surface area contributed by atoms with Crippen molar-refractivity contribution in [2.45, 2.75) is 13.3 Å². The Bertz CT molecular complexity index is 778. The predicted octanol–water partition coefficient (Wildman–Crippen LogP) is 3.86. The molecule has 3 rings (SSSR count). The highest BCUT2D eigenvalue weighted by atomic mass is 32.1. The first-order valence-electron chi connectivity index (χ1n) is 6.33. The van der Waals surface area contributed by atoms with Crippen molar-refractivity contribution in [1.29, 1.82) is 0 Å². The largest absolute Gasteiger partial charge is 0.477 e. The minimum Gasteiger partial charge on any atom is -0.477 e. The molecule has 2 aromatic heterocycles. The monoisotopic (exact) mass is 316 g/mol. The van der Waals surface area contributed by atoms with Crippen molar-refractivity contribution in [2.75, 3.05) is 0 Å². The van der Waals surface area contributed by atoms with Gasteiger partial charge in [0.05, 0.1) is 17.8 Å². The van der Waals surface area contributed by atoms with E-state index in [1.165, 1.54) is 11.3 Å². The minimum absolute atomic E-state index is 0.310. The molecule has 21 heavy (non-hydrogen) atoms. The summed E-state index contributed by atoms with van der Waals surface area (Å²) in [6, 6.07) is 9.99. The SMILES string of the molecule is Cc1nc(Cc2nc(-c3ccccc3)cs2)sc1C(=O)O. The molecular weight excluding hydrogens is 304 g/mol. The standard InChI is InChI=1S/C15H12N2O2S2/c1-9-14(15(18)19)21-13(16-9)7-12-17-11(8-20-12)10-5-3-2-4-6-10/h2-6,8H,7H2,1H3,(H,18,19). The lowest BCUT2D eigenvalue weighted by Crippen LogP contribution is -1.94. The number of hydrogen-bond donors (Lipinski definition) is 1. The lowest BCUT2D eigenvalue weighted by molar-refractivity contribution is 0.0701. The number of rotatable bonds is 4. The Balaban J connectivity index is 1.82. The summed E-state index contributed by atoms with van der Waals surface area (Å²) in [7, 11) is 0. The number of nitrogens with zero attached hydrogens (tertiary/aromatic N) is 2. The third kappa shape index (κ3) is 3.01. The van der Waals surface area contributed by atoms with Crippen molar-refractivity contribution in [2.24, 2.45) is 0 Å². The van der Waals surface area contributed by atoms with Crippen molar-refractivity contribution in [3.05, 3.63) is 56.3 Å². The molecule has 0 aliphatic rings. The van der Waals surface area contributed by atoms with Gasteiger partial charge in [-0.3, -0.25) is 0 Å². The molecule has 1 aromatic carbocycles. The van der Waals surface area contributed by atoms with Gasteiger partial charge in [0.2, 0.25) is 0 Å². The lowest BCUT2D eigenvalue weighted by atomic mass is 10.2. The second-order valence-corrected chi connectivity index (χ2v) is 6.52. The Labute approximate surface area is 129 Å². The van der Waals surface area contributed by atoms with Crippen molar-refractivity contribution >= 4 is 28.6 Å². The van der Waals surface area contributed by atoms with E-state index in [1.807, 2.05) is 35.7 Å². The molecule has 0 unspecified atom stereocenters. The first kappa shape index (κ1) is 13.9. The molecule has 0 amide bonds. The maximum Gasteiger partial charge on any atom is 0.347 e. The van der Waals surface area contributed by atoms with E-state index in [4.69, 9.17) is 5.11 Å². The molecule has 0 saturated heterocycles. The van der Waals surface area contributed by atoms with Crippen molar-refractivity contribution in [1.82, 2.24) is 9.97 Å². The Morgan fingerprint density at radius 3 is 2.62 bits per heavy atom. The molecule has 6 heteroatoms. The van der Waals surface area contributed by atoms with Gasteiger partial charge in [-0.1, -0.05) is 30.3 Å². The van der Waals surface area contributed by atoms with Gasteiger partial charge in [0, 0.05) is 10.9 Å². The van der Waals surface area contributed by atoms with Crippen molar-refractivity contribution < 1.29 is 9.90 Å². The van der Waals surface area contributed by atoms with Crippen LogP contribution in [0.5, 0.6) is 0 Å². The van der Waals surface area contributed by atoms with Gasteiger partial charge < -0.3 is 5.11 Å². The molecule has 0 fully saturated rings. The molecule has 1 N–H and O–H groups in total. The van der Waals surface area contributed by atoms with Crippen LogP contribution in [0.3, 0.4) is 0 Å². The van der Waals surface area contributed by atoms with Crippen LogP contribution < -0.4 is 0 Å². The molecule has 0 aliphatic carbocycles. The van der Waals surface area contributed by atoms with Crippen molar-refractivity contribution in [3.63, 3.8) is 0 Å². The maximum absolute atomic E-state index is 11.0. The zero-order valence-corrected chi connectivity index (χ0v) is 12.9. The van der Waals surface area contributed by atoms with Crippen molar-refractivity contribution in [3.8, 4) is 11.3 Å². The average Bonchev–Trinajstić information content (AvgIpc) is 3.07. The fourth-order valence-electron chi connectivity index (χ4n) is 1.99. The fourth-order valence-corrected chi connectivity index (χ4v) is 3.80. The topological polar surface area (TPSA) is 63.1 Å². The molecule has 0 saturated carbocycles. The van der Waals surface area contributed by atoms with Crippen LogP contribution in [0.15, 0.2) is 35.7 Å². The van der Waals surface area contributed by atoms with Crippen LogP contribution in [0, 0.1) is 6.92 Å². The van der Waals surface area contributed by atoms with E-state index in [0.29, 0.717) is 17.0 Å². The van der Waals surface area contributed by atoms with E-state index in [0.717, 1.165) is 21.3 Å². The number of hydrogen-bond acceptors (Lipinski definition) is 5. The summed E-state index contributed by atoms with van der Waals surface area (Å²) >= 11 is 2.79. The van der Waals surface area contributed by atoms with E-state index in [9.17, 15) is 4.79 Å². The number of aryl methyl sites for hydroxylation is 1. The quantitative estimate of drug-likeness (QED) is 0.794. The second-order valence-electron chi connectivity index (χ2n) is 4.50. The van der Waals surface area contributed by atoms with Gasteiger partial charge >= 0.3 is 5.97 Å². The number of carbonyl (C=O) groups is 1. The first-order chi connectivity index (χ1) is 10.1. The molecule has 0 radical (unpaired) electrons. The molecule has 0 atom stereocenters. The van der Waals surface area contributed by atoms with Gasteiger partial charge in [0.25, 0.3) is 0 Å². The zero-order valence-electron chi connectivity index (χ0n) is 11.2. The Kier molecular flexibility index (Phi) is 3.81. The van der Waals surface area contributed by atoms with Gasteiger partial charge in [-0.25, -0.2) is 14.8 Å². The number of aromatic carboxylic acids is 1. The van der Waals surface area contributed by atoms with Gasteiger partial charge in [-0.2, -0.15) is 0 Å². The van der Waals surface area contributed by atoms with Crippen LogP contribution in [0.4, 0.5) is 0 Å². The van der Waals surface area contributed by atoms with Gasteiger partial charge in [0.1, 0.15) is 14.9 Å². The number of aromatic nitrogens is 2. The molecule has 106 valence electrons. The maximum atomic E-state index is 11.0. The summed E-state index contributed by atoms with van der Waals surface area (Å²) in [4.78, 5) is 20.3. The summed E-state index contributed by atoms with van der Waals surface area (Å²) in [6.45, 7) is 1.72. The summed E-state index contributed by atoms with van der Waals surface area (Å²) in [5.74, 6) is -0.916. The normalized spacial score (nSPS) is 10.7. The van der Waals surface area contributed by atoms with Gasteiger partial charge in [0.15, 0.2) is 0 Å². The van der Waals surface area contributed by atoms with E-state index in [2.05, 4.69) is 9.97 Å². The highest BCUT2D eigenvalue weighted by Crippen LogP contribution is 2.25. The van der Waals surface area contributed by atoms with E-state index in [1.54, 1.807) is 18.3 Å². The highest BCUT2D eigenvalue weighted by Gasteiger charge is 2.15. The second kappa shape index (κ2) is 5.75. The summed E-state index contributed by atoms with van der Waals surface area (Å²) in [6.07, 6.45) is 0.580. The molecule has 2 heterocycles. The van der Waals surface area contributed by atoms with Gasteiger partial charge in [-0.05, 0) is 6.92 Å². The van der Waals surface area contributed by atoms with Crippen LogP contribution in [-0.2, 0) is 6.42 Å². The third-order valence-corrected chi connectivity index (χ3v) is 4.95.